The third-order valence-corrected chi connectivity index (χ3v) is 3.12. The van der Waals surface area contributed by atoms with Crippen molar-refractivity contribution in [1.29, 1.82) is 0 Å². The van der Waals surface area contributed by atoms with E-state index >= 15 is 0 Å². The highest BCUT2D eigenvalue weighted by molar-refractivity contribution is 5.58. The van der Waals surface area contributed by atoms with Gasteiger partial charge in [-0.05, 0) is 29.8 Å². The van der Waals surface area contributed by atoms with Crippen LogP contribution in [0.3, 0.4) is 0 Å². The van der Waals surface area contributed by atoms with E-state index in [2.05, 4.69) is 5.32 Å². The summed E-state index contributed by atoms with van der Waals surface area (Å²) < 4.78 is 11.1. The molecule has 2 aromatic rings. The maximum Gasteiger partial charge on any atom is 0.143 e. The first-order valence-electron chi connectivity index (χ1n) is 6.00. The van der Waals surface area contributed by atoms with Gasteiger partial charge in [0.05, 0.1) is 19.3 Å². The minimum absolute atomic E-state index is 0.0470. The molecule has 1 aliphatic heterocycles. The number of para-hydroxylation sites is 2. The molecule has 0 saturated carbocycles. The van der Waals surface area contributed by atoms with Crippen LogP contribution in [0.4, 0.5) is 5.69 Å². The average Bonchev–Trinajstić information content (AvgIpc) is 2.47. The van der Waals surface area contributed by atoms with Gasteiger partial charge in [-0.3, -0.25) is 0 Å². The molecule has 3 heteroatoms. The van der Waals surface area contributed by atoms with Gasteiger partial charge in [0.25, 0.3) is 0 Å². The van der Waals surface area contributed by atoms with Crippen molar-refractivity contribution in [2.45, 2.75) is 6.10 Å². The Hall–Kier alpha value is -2.16. The second kappa shape index (κ2) is 4.61. The third-order valence-electron chi connectivity index (χ3n) is 3.12. The number of hydrogen-bond acceptors (Lipinski definition) is 3. The number of anilines is 1. The Labute approximate surface area is 106 Å². The van der Waals surface area contributed by atoms with E-state index in [0.717, 1.165) is 29.3 Å². The van der Waals surface area contributed by atoms with Crippen LogP contribution in [-0.2, 0) is 0 Å². The average molecular weight is 241 g/mol. The van der Waals surface area contributed by atoms with Crippen molar-refractivity contribution in [2.24, 2.45) is 0 Å². The molecule has 0 bridgehead atoms. The van der Waals surface area contributed by atoms with Crippen molar-refractivity contribution in [3.05, 3.63) is 54.1 Å². The lowest BCUT2D eigenvalue weighted by molar-refractivity contribution is 0.210. The van der Waals surface area contributed by atoms with Crippen molar-refractivity contribution >= 4 is 5.69 Å². The topological polar surface area (TPSA) is 30.5 Å². The zero-order chi connectivity index (χ0) is 12.4. The molecule has 0 aliphatic carbocycles. The molecule has 0 saturated heterocycles. The van der Waals surface area contributed by atoms with Gasteiger partial charge in [0.2, 0.25) is 0 Å². The van der Waals surface area contributed by atoms with Crippen LogP contribution in [-0.4, -0.2) is 13.7 Å². The minimum atomic E-state index is 0.0470. The smallest absolute Gasteiger partial charge is 0.143 e. The lowest BCUT2D eigenvalue weighted by Crippen LogP contribution is -2.23. The molecule has 3 rings (SSSR count). The van der Waals surface area contributed by atoms with E-state index in [9.17, 15) is 0 Å². The maximum absolute atomic E-state index is 5.99. The Bertz CT molecular complexity index is 536. The van der Waals surface area contributed by atoms with Gasteiger partial charge in [0.15, 0.2) is 0 Å². The summed E-state index contributed by atoms with van der Waals surface area (Å²) in [7, 11) is 1.67. The van der Waals surface area contributed by atoms with E-state index in [1.54, 1.807) is 7.11 Å². The SMILES string of the molecule is COc1ccc(C2CNc3ccccc3O2)cc1. The number of benzene rings is 2. The van der Waals surface area contributed by atoms with Crippen molar-refractivity contribution in [2.75, 3.05) is 19.0 Å². The molecule has 0 radical (unpaired) electrons. The predicted octanol–water partition coefficient (Wildman–Crippen LogP) is 3.24. The van der Waals surface area contributed by atoms with Crippen LogP contribution >= 0.6 is 0 Å². The van der Waals surface area contributed by atoms with E-state index < -0.39 is 0 Å². The van der Waals surface area contributed by atoms with Crippen LogP contribution in [0.2, 0.25) is 0 Å². The Balaban J connectivity index is 1.82. The normalized spacial score (nSPS) is 17.3. The minimum Gasteiger partial charge on any atom is -0.497 e. The standard InChI is InChI=1S/C15H15NO2/c1-17-12-8-6-11(7-9-12)15-10-16-13-4-2-3-5-14(13)18-15/h2-9,15-16H,10H2,1H3. The van der Waals surface area contributed by atoms with E-state index in [1.807, 2.05) is 48.5 Å². The summed E-state index contributed by atoms with van der Waals surface area (Å²) in [4.78, 5) is 0. The highest BCUT2D eigenvalue weighted by atomic mass is 16.5. The van der Waals surface area contributed by atoms with Gasteiger partial charge in [-0.1, -0.05) is 24.3 Å². The summed E-state index contributed by atoms with van der Waals surface area (Å²) in [5, 5.41) is 3.38. The number of methoxy groups -OCH3 is 1. The van der Waals surface area contributed by atoms with Crippen molar-refractivity contribution in [1.82, 2.24) is 0 Å². The molecule has 1 atom stereocenters. The molecule has 92 valence electrons. The fourth-order valence-corrected chi connectivity index (χ4v) is 2.12. The predicted molar refractivity (Wildman–Crippen MR) is 71.3 cm³/mol. The van der Waals surface area contributed by atoms with E-state index in [1.165, 1.54) is 0 Å². The van der Waals surface area contributed by atoms with Gasteiger partial charge in [-0.15, -0.1) is 0 Å². The molecule has 1 heterocycles. The molecule has 1 aliphatic rings. The number of hydrogen-bond donors (Lipinski definition) is 1. The Morgan fingerprint density at radius 3 is 2.67 bits per heavy atom. The summed E-state index contributed by atoms with van der Waals surface area (Å²) >= 11 is 0. The molecular weight excluding hydrogens is 226 g/mol. The summed E-state index contributed by atoms with van der Waals surface area (Å²) in [5.41, 5.74) is 2.21. The first-order chi connectivity index (χ1) is 8.86. The Morgan fingerprint density at radius 2 is 1.89 bits per heavy atom. The Morgan fingerprint density at radius 1 is 1.11 bits per heavy atom. The molecule has 2 aromatic carbocycles. The van der Waals surface area contributed by atoms with Gasteiger partial charge >= 0.3 is 0 Å². The largest absolute Gasteiger partial charge is 0.497 e. The number of rotatable bonds is 2. The van der Waals surface area contributed by atoms with Crippen molar-refractivity contribution < 1.29 is 9.47 Å². The highest BCUT2D eigenvalue weighted by Gasteiger charge is 2.20. The van der Waals surface area contributed by atoms with Crippen LogP contribution < -0.4 is 14.8 Å². The molecule has 0 spiro atoms. The van der Waals surface area contributed by atoms with Crippen LogP contribution in [0.5, 0.6) is 11.5 Å². The van der Waals surface area contributed by atoms with Crippen molar-refractivity contribution in [3.8, 4) is 11.5 Å². The van der Waals surface area contributed by atoms with Crippen LogP contribution in [0.15, 0.2) is 48.5 Å². The van der Waals surface area contributed by atoms with Crippen LogP contribution in [0, 0.1) is 0 Å². The quantitative estimate of drug-likeness (QED) is 0.875. The fourth-order valence-electron chi connectivity index (χ4n) is 2.12. The van der Waals surface area contributed by atoms with Crippen LogP contribution in [0.25, 0.3) is 0 Å². The molecular formula is C15H15NO2. The van der Waals surface area contributed by atoms with E-state index in [0.29, 0.717) is 0 Å². The molecule has 0 fully saturated rings. The zero-order valence-electron chi connectivity index (χ0n) is 10.2. The first kappa shape index (κ1) is 11.0. The second-order valence-electron chi connectivity index (χ2n) is 4.26. The number of ether oxygens (including phenoxy) is 2. The van der Waals surface area contributed by atoms with E-state index in [4.69, 9.17) is 9.47 Å². The Kier molecular flexibility index (Phi) is 2.81. The van der Waals surface area contributed by atoms with Gasteiger partial charge in [-0.2, -0.15) is 0 Å². The molecule has 1 N–H and O–H groups in total. The third kappa shape index (κ3) is 1.99. The first-order valence-corrected chi connectivity index (χ1v) is 6.00. The van der Waals surface area contributed by atoms with E-state index in [-0.39, 0.29) is 6.10 Å². The highest BCUT2D eigenvalue weighted by Crippen LogP contribution is 2.33. The van der Waals surface area contributed by atoms with Gasteiger partial charge in [-0.25, -0.2) is 0 Å². The van der Waals surface area contributed by atoms with Crippen LogP contribution in [0.1, 0.15) is 11.7 Å². The zero-order valence-corrected chi connectivity index (χ0v) is 10.2. The molecule has 0 aromatic heterocycles. The lowest BCUT2D eigenvalue weighted by atomic mass is 10.1. The summed E-state index contributed by atoms with van der Waals surface area (Å²) in [6.45, 7) is 0.781. The van der Waals surface area contributed by atoms with Gasteiger partial charge in [0.1, 0.15) is 17.6 Å². The number of nitrogens with one attached hydrogen (secondary N) is 1. The van der Waals surface area contributed by atoms with Gasteiger partial charge < -0.3 is 14.8 Å². The molecule has 3 nitrogen and oxygen atoms in total. The van der Waals surface area contributed by atoms with Crippen molar-refractivity contribution in [3.63, 3.8) is 0 Å². The summed E-state index contributed by atoms with van der Waals surface area (Å²) in [5.74, 6) is 1.77. The fraction of sp³-hybridized carbons (Fsp3) is 0.200. The number of fused-ring (bicyclic) bond motifs is 1. The molecule has 18 heavy (non-hydrogen) atoms. The molecule has 0 amide bonds. The summed E-state index contributed by atoms with van der Waals surface area (Å²) in [6, 6.07) is 16.0. The summed E-state index contributed by atoms with van der Waals surface area (Å²) in [6.07, 6.45) is 0.0470. The lowest BCUT2D eigenvalue weighted by Gasteiger charge is -2.27. The molecule has 1 unspecified atom stereocenters. The maximum atomic E-state index is 5.99. The second-order valence-corrected chi connectivity index (χ2v) is 4.26. The monoisotopic (exact) mass is 241 g/mol. The van der Waals surface area contributed by atoms with Gasteiger partial charge in [0, 0.05) is 0 Å².